The van der Waals surface area contributed by atoms with Crippen LogP contribution in [0.4, 0.5) is 0 Å². The van der Waals surface area contributed by atoms with Crippen molar-refractivity contribution in [2.24, 2.45) is 0 Å². The lowest BCUT2D eigenvalue weighted by Crippen LogP contribution is -2.29. The summed E-state index contributed by atoms with van der Waals surface area (Å²) in [6, 6.07) is 11.1. The lowest BCUT2D eigenvalue weighted by molar-refractivity contribution is -0.140. The van der Waals surface area contributed by atoms with Crippen LogP contribution in [0.15, 0.2) is 57.9 Å². The van der Waals surface area contributed by atoms with E-state index in [0.717, 1.165) is 4.88 Å². The molecule has 3 aromatic rings. The van der Waals surface area contributed by atoms with E-state index in [2.05, 4.69) is 15.9 Å². The Kier molecular flexibility index (Phi) is 7.56. The number of aliphatic hydroxyl groups is 1. The third-order valence-corrected chi connectivity index (χ3v) is 7.36. The van der Waals surface area contributed by atoms with Gasteiger partial charge in [0, 0.05) is 10.4 Å². The molecule has 1 atom stereocenters. The highest BCUT2D eigenvalue weighted by molar-refractivity contribution is 9.10. The molecule has 10 heteroatoms. The molecule has 1 fully saturated rings. The largest absolute Gasteiger partial charge is 0.507 e. The van der Waals surface area contributed by atoms with Gasteiger partial charge in [0.05, 0.1) is 51.1 Å². The summed E-state index contributed by atoms with van der Waals surface area (Å²) < 4.78 is 22.3. The Morgan fingerprint density at radius 1 is 0.972 bits per heavy atom. The minimum Gasteiger partial charge on any atom is -0.507 e. The van der Waals surface area contributed by atoms with Gasteiger partial charge in [-0.15, -0.1) is 11.3 Å². The van der Waals surface area contributed by atoms with Gasteiger partial charge >= 0.3 is 0 Å². The van der Waals surface area contributed by atoms with Crippen LogP contribution in [0.3, 0.4) is 0 Å². The van der Waals surface area contributed by atoms with Crippen LogP contribution in [0, 0.1) is 0 Å². The number of ketones is 1. The summed E-state index contributed by atoms with van der Waals surface area (Å²) in [6.07, 6.45) is 0. The van der Waals surface area contributed by atoms with E-state index >= 15 is 0 Å². The van der Waals surface area contributed by atoms with Crippen LogP contribution < -0.4 is 18.9 Å². The van der Waals surface area contributed by atoms with Crippen molar-refractivity contribution in [1.82, 2.24) is 4.90 Å². The lowest BCUT2D eigenvalue weighted by Gasteiger charge is -2.26. The van der Waals surface area contributed by atoms with Crippen LogP contribution in [0.25, 0.3) is 5.76 Å². The predicted molar refractivity (Wildman–Crippen MR) is 139 cm³/mol. The van der Waals surface area contributed by atoms with Gasteiger partial charge in [0.2, 0.25) is 5.75 Å². The SMILES string of the molecule is COc1ccc(/C(O)=C2\C(=O)C(=O)N(Cc3cccs3)C2c2cc(OC)c(OC)c(OC)c2)cc1Br. The molecule has 0 bridgehead atoms. The quantitative estimate of drug-likeness (QED) is 0.226. The molecule has 2 aromatic carbocycles. The number of ether oxygens (including phenoxy) is 4. The number of rotatable bonds is 8. The number of carbonyl (C=O) groups is 2. The Morgan fingerprint density at radius 3 is 2.17 bits per heavy atom. The molecule has 1 aliphatic rings. The molecule has 0 radical (unpaired) electrons. The molecule has 1 amide bonds. The van der Waals surface area contributed by atoms with Crippen molar-refractivity contribution in [3.05, 3.63) is 73.9 Å². The zero-order valence-electron chi connectivity index (χ0n) is 20.0. The summed E-state index contributed by atoms with van der Waals surface area (Å²) in [5.41, 5.74) is 0.839. The Bertz CT molecular complexity index is 1310. The van der Waals surface area contributed by atoms with E-state index < -0.39 is 17.7 Å². The van der Waals surface area contributed by atoms with Gasteiger partial charge in [-0.1, -0.05) is 6.07 Å². The van der Waals surface area contributed by atoms with Crippen molar-refractivity contribution in [3.8, 4) is 23.0 Å². The first-order valence-electron chi connectivity index (χ1n) is 10.8. The van der Waals surface area contributed by atoms with Crippen molar-refractivity contribution in [1.29, 1.82) is 0 Å². The molecule has 1 saturated heterocycles. The van der Waals surface area contributed by atoms with Gasteiger partial charge in [-0.25, -0.2) is 0 Å². The van der Waals surface area contributed by atoms with E-state index in [4.69, 9.17) is 18.9 Å². The first-order chi connectivity index (χ1) is 17.3. The maximum Gasteiger partial charge on any atom is 0.295 e. The number of halogens is 1. The molecule has 36 heavy (non-hydrogen) atoms. The van der Waals surface area contributed by atoms with E-state index in [1.165, 1.54) is 44.7 Å². The van der Waals surface area contributed by atoms with Gasteiger partial charge in [-0.2, -0.15) is 0 Å². The van der Waals surface area contributed by atoms with Crippen LogP contribution in [-0.2, 0) is 16.1 Å². The van der Waals surface area contributed by atoms with Crippen LogP contribution in [0.2, 0.25) is 0 Å². The zero-order chi connectivity index (χ0) is 26.0. The molecule has 1 aromatic heterocycles. The fraction of sp³-hybridized carbons (Fsp3) is 0.231. The van der Waals surface area contributed by atoms with Crippen molar-refractivity contribution >= 4 is 44.7 Å². The fourth-order valence-electron chi connectivity index (χ4n) is 4.19. The maximum absolute atomic E-state index is 13.4. The Morgan fingerprint density at radius 2 is 1.64 bits per heavy atom. The summed E-state index contributed by atoms with van der Waals surface area (Å²) in [6.45, 7) is 0.187. The number of likely N-dealkylation sites (tertiary alicyclic amines) is 1. The van der Waals surface area contributed by atoms with E-state index in [1.807, 2.05) is 17.5 Å². The number of carbonyl (C=O) groups excluding carboxylic acids is 2. The molecule has 1 N–H and O–H groups in total. The van der Waals surface area contributed by atoms with E-state index in [9.17, 15) is 14.7 Å². The third-order valence-electron chi connectivity index (χ3n) is 5.87. The molecule has 2 heterocycles. The topological polar surface area (TPSA) is 94.5 Å². The van der Waals surface area contributed by atoms with Crippen LogP contribution in [0.5, 0.6) is 23.0 Å². The molecule has 1 aliphatic heterocycles. The minimum absolute atomic E-state index is 0.0390. The number of hydrogen-bond acceptors (Lipinski definition) is 8. The monoisotopic (exact) mass is 573 g/mol. The van der Waals surface area contributed by atoms with Gasteiger partial charge < -0.3 is 29.0 Å². The van der Waals surface area contributed by atoms with Gasteiger partial charge in [0.15, 0.2) is 11.5 Å². The second-order valence-electron chi connectivity index (χ2n) is 7.81. The normalized spacial score (nSPS) is 16.8. The molecular weight excluding hydrogens is 550 g/mol. The summed E-state index contributed by atoms with van der Waals surface area (Å²) in [5, 5.41) is 13.3. The molecule has 4 rings (SSSR count). The molecule has 1 unspecified atom stereocenters. The first kappa shape index (κ1) is 25.6. The lowest BCUT2D eigenvalue weighted by atomic mass is 9.94. The number of methoxy groups -OCH3 is 4. The van der Waals surface area contributed by atoms with Gasteiger partial charge in [0.25, 0.3) is 11.7 Å². The predicted octanol–water partition coefficient (Wildman–Crippen LogP) is 5.17. The Balaban J connectivity index is 1.94. The number of amides is 1. The second-order valence-corrected chi connectivity index (χ2v) is 9.70. The van der Waals surface area contributed by atoms with Crippen molar-refractivity contribution in [2.45, 2.75) is 12.6 Å². The van der Waals surface area contributed by atoms with E-state index in [0.29, 0.717) is 38.6 Å². The molecule has 8 nitrogen and oxygen atoms in total. The first-order valence-corrected chi connectivity index (χ1v) is 12.5. The number of Topliss-reactive ketones (excluding diaryl/α,β-unsaturated/α-hetero) is 1. The van der Waals surface area contributed by atoms with Crippen molar-refractivity contribution in [3.63, 3.8) is 0 Å². The fourth-order valence-corrected chi connectivity index (χ4v) is 5.43. The van der Waals surface area contributed by atoms with Crippen molar-refractivity contribution in [2.75, 3.05) is 28.4 Å². The highest BCUT2D eigenvalue weighted by atomic mass is 79.9. The number of benzene rings is 2. The zero-order valence-corrected chi connectivity index (χ0v) is 22.4. The second kappa shape index (κ2) is 10.6. The molecule has 188 valence electrons. The highest BCUT2D eigenvalue weighted by Crippen LogP contribution is 2.46. The van der Waals surface area contributed by atoms with Crippen LogP contribution in [-0.4, -0.2) is 50.1 Å². The van der Waals surface area contributed by atoms with Gasteiger partial charge in [-0.3, -0.25) is 9.59 Å². The minimum atomic E-state index is -0.901. The Labute approximate surface area is 220 Å². The standard InChI is InChI=1S/C26H24BrNO7S/c1-32-18-8-7-14(10-17(18)27)23(29)21-22(15-11-19(33-2)25(35-4)20(12-15)34-3)28(26(31)24(21)30)13-16-6-5-9-36-16/h5-12,22,29H,13H2,1-4H3/b23-21+. The molecular formula is C26H24BrNO7S. The van der Waals surface area contributed by atoms with E-state index in [1.54, 1.807) is 30.3 Å². The summed E-state index contributed by atoms with van der Waals surface area (Å²) >= 11 is 4.88. The molecule has 0 aliphatic carbocycles. The number of hydrogen-bond donors (Lipinski definition) is 1. The smallest absolute Gasteiger partial charge is 0.295 e. The maximum atomic E-state index is 13.4. The van der Waals surface area contributed by atoms with Crippen molar-refractivity contribution < 1.29 is 33.6 Å². The summed E-state index contributed by atoms with van der Waals surface area (Å²) in [5.74, 6) is -0.138. The van der Waals surface area contributed by atoms with Gasteiger partial charge in [0.1, 0.15) is 11.5 Å². The summed E-state index contributed by atoms with van der Waals surface area (Å²) in [7, 11) is 5.99. The number of thiophene rings is 1. The van der Waals surface area contributed by atoms with E-state index in [-0.39, 0.29) is 17.9 Å². The highest BCUT2D eigenvalue weighted by Gasteiger charge is 2.46. The average molecular weight is 574 g/mol. The van der Waals surface area contributed by atoms with Crippen LogP contribution in [0.1, 0.15) is 22.0 Å². The third kappa shape index (κ3) is 4.54. The molecule has 0 spiro atoms. The molecule has 0 saturated carbocycles. The number of nitrogens with zero attached hydrogens (tertiary/aromatic N) is 1. The average Bonchev–Trinajstić information content (AvgIpc) is 3.49. The van der Waals surface area contributed by atoms with Crippen LogP contribution >= 0.6 is 27.3 Å². The number of aliphatic hydroxyl groups excluding tert-OH is 1. The van der Waals surface area contributed by atoms with Gasteiger partial charge in [-0.05, 0) is 63.3 Å². The Hall–Kier alpha value is -3.50. The summed E-state index contributed by atoms with van der Waals surface area (Å²) in [4.78, 5) is 29.0.